The molecule has 0 spiro atoms. The van der Waals surface area contributed by atoms with E-state index in [0.29, 0.717) is 37.3 Å². The zero-order chi connectivity index (χ0) is 25.4. The number of rotatable bonds is 5. The van der Waals surface area contributed by atoms with Crippen LogP contribution in [-0.4, -0.2) is 103 Å². The lowest BCUT2D eigenvalue weighted by Crippen LogP contribution is -2.52. The number of nitrogens with zero attached hydrogens (tertiary/aromatic N) is 6. The number of amides is 4. The Kier molecular flexibility index (Phi) is 6.54. The largest absolute Gasteiger partial charge is 0.395 e. The number of benzene rings is 1. The molecule has 2 unspecified atom stereocenters. The highest BCUT2D eigenvalue weighted by atomic mass is 16.3. The van der Waals surface area contributed by atoms with Crippen molar-refractivity contribution in [3.05, 3.63) is 41.2 Å². The molecule has 1 aromatic carbocycles. The first-order valence-corrected chi connectivity index (χ1v) is 12.2. The summed E-state index contributed by atoms with van der Waals surface area (Å²) in [6, 6.07) is 4.61. The second-order valence-electron chi connectivity index (χ2n) is 9.50. The van der Waals surface area contributed by atoms with Crippen molar-refractivity contribution in [3.8, 4) is 5.69 Å². The van der Waals surface area contributed by atoms with Gasteiger partial charge in [-0.25, -0.2) is 4.68 Å². The quantitative estimate of drug-likeness (QED) is 0.532. The maximum Gasteiger partial charge on any atom is 0.276 e. The van der Waals surface area contributed by atoms with Crippen LogP contribution in [0.2, 0.25) is 0 Å². The predicted octanol–water partition coefficient (Wildman–Crippen LogP) is -0.443. The molecule has 4 heterocycles. The minimum absolute atomic E-state index is 0.0542. The van der Waals surface area contributed by atoms with Crippen molar-refractivity contribution in [2.75, 3.05) is 32.8 Å². The Morgan fingerprint density at radius 1 is 1.19 bits per heavy atom. The molecule has 1 aromatic heterocycles. The molecule has 2 atom stereocenters. The Bertz CT molecular complexity index is 1210. The average molecular weight is 496 g/mol. The van der Waals surface area contributed by atoms with E-state index in [4.69, 9.17) is 0 Å². The van der Waals surface area contributed by atoms with Gasteiger partial charge in [-0.1, -0.05) is 5.21 Å². The lowest BCUT2D eigenvalue weighted by molar-refractivity contribution is -0.136. The summed E-state index contributed by atoms with van der Waals surface area (Å²) in [4.78, 5) is 55.1. The fourth-order valence-electron chi connectivity index (χ4n) is 5.05. The van der Waals surface area contributed by atoms with Gasteiger partial charge in [0.15, 0.2) is 5.69 Å². The van der Waals surface area contributed by atoms with Crippen LogP contribution in [0.1, 0.15) is 52.6 Å². The number of aliphatic hydroxyl groups is 1. The lowest BCUT2D eigenvalue weighted by atomic mass is 10.0. The van der Waals surface area contributed by atoms with Crippen LogP contribution >= 0.6 is 0 Å². The van der Waals surface area contributed by atoms with Gasteiger partial charge in [0, 0.05) is 50.7 Å². The molecule has 4 amide bonds. The van der Waals surface area contributed by atoms with Crippen LogP contribution in [-0.2, 0) is 16.1 Å². The molecule has 2 fully saturated rings. The number of fused-ring (bicyclic) bond motifs is 1. The smallest absolute Gasteiger partial charge is 0.276 e. The molecule has 190 valence electrons. The van der Waals surface area contributed by atoms with E-state index in [-0.39, 0.29) is 49.0 Å². The molecule has 2 saturated heterocycles. The highest BCUT2D eigenvalue weighted by Crippen LogP contribution is 2.29. The van der Waals surface area contributed by atoms with E-state index in [2.05, 4.69) is 20.5 Å². The minimum atomic E-state index is -0.674. The molecular formula is C24H29N7O5. The van der Waals surface area contributed by atoms with Crippen LogP contribution in [0.5, 0.6) is 0 Å². The third-order valence-corrected chi connectivity index (χ3v) is 7.19. The SMILES string of the molecule is CC(CO)N1CCCN(C(=O)c2cn(-c3ccc4c(c3)CN(C3CCC(=O)NC3=O)C4=O)nn2)CC1. The zero-order valence-electron chi connectivity index (χ0n) is 20.1. The van der Waals surface area contributed by atoms with Crippen LogP contribution in [0, 0.1) is 0 Å². The molecule has 12 heteroatoms. The van der Waals surface area contributed by atoms with Gasteiger partial charge in [-0.15, -0.1) is 5.10 Å². The molecule has 0 aliphatic carbocycles. The second-order valence-corrected chi connectivity index (χ2v) is 9.50. The predicted molar refractivity (Wildman–Crippen MR) is 126 cm³/mol. The van der Waals surface area contributed by atoms with Gasteiger partial charge in [-0.3, -0.25) is 29.4 Å². The number of hydrogen-bond acceptors (Lipinski definition) is 8. The summed E-state index contributed by atoms with van der Waals surface area (Å²) in [6.45, 7) is 4.97. The maximum atomic E-state index is 13.1. The minimum Gasteiger partial charge on any atom is -0.395 e. The van der Waals surface area contributed by atoms with Crippen molar-refractivity contribution in [2.45, 2.75) is 44.8 Å². The van der Waals surface area contributed by atoms with Gasteiger partial charge in [0.05, 0.1) is 18.5 Å². The van der Waals surface area contributed by atoms with E-state index in [0.717, 1.165) is 18.5 Å². The number of carbonyl (C=O) groups excluding carboxylic acids is 4. The summed E-state index contributed by atoms with van der Waals surface area (Å²) in [5.74, 6) is -1.21. The van der Waals surface area contributed by atoms with E-state index in [1.807, 2.05) is 13.0 Å². The van der Waals surface area contributed by atoms with Crippen LogP contribution in [0.15, 0.2) is 24.4 Å². The number of aliphatic hydroxyl groups excluding tert-OH is 1. The Hall–Kier alpha value is -3.64. The molecule has 0 saturated carbocycles. The fraction of sp³-hybridized carbons (Fsp3) is 0.500. The summed E-state index contributed by atoms with van der Waals surface area (Å²) in [5, 5.41) is 19.9. The summed E-state index contributed by atoms with van der Waals surface area (Å²) in [6.07, 6.45) is 2.90. The maximum absolute atomic E-state index is 13.1. The summed E-state index contributed by atoms with van der Waals surface area (Å²) < 4.78 is 1.50. The van der Waals surface area contributed by atoms with Gasteiger partial charge in [-0.05, 0) is 43.5 Å². The Morgan fingerprint density at radius 3 is 2.81 bits per heavy atom. The third-order valence-electron chi connectivity index (χ3n) is 7.19. The molecule has 2 aromatic rings. The molecule has 0 bridgehead atoms. The second kappa shape index (κ2) is 9.78. The molecule has 5 rings (SSSR count). The molecule has 36 heavy (non-hydrogen) atoms. The summed E-state index contributed by atoms with van der Waals surface area (Å²) >= 11 is 0. The van der Waals surface area contributed by atoms with E-state index in [1.165, 1.54) is 9.58 Å². The van der Waals surface area contributed by atoms with Crippen molar-refractivity contribution >= 4 is 23.6 Å². The highest BCUT2D eigenvalue weighted by molar-refractivity contribution is 6.05. The average Bonchev–Trinajstić information content (AvgIpc) is 3.40. The number of imide groups is 1. The molecule has 3 aliphatic rings. The molecular weight excluding hydrogens is 466 g/mol. The van der Waals surface area contributed by atoms with Gasteiger partial charge in [0.25, 0.3) is 11.8 Å². The standard InChI is InChI=1S/C24H29N7O5/c1-15(14-32)28-7-2-8-29(10-9-28)24(36)19-13-31(27-26-19)17-3-4-18-16(11-17)12-30(23(18)35)20-5-6-21(33)25-22(20)34/h3-4,11,13,15,20,32H,2,5-10,12,14H2,1H3,(H,25,33,34). The van der Waals surface area contributed by atoms with Crippen molar-refractivity contribution in [2.24, 2.45) is 0 Å². The fourth-order valence-corrected chi connectivity index (χ4v) is 5.05. The Morgan fingerprint density at radius 2 is 2.03 bits per heavy atom. The Labute approximate surface area is 207 Å². The van der Waals surface area contributed by atoms with Gasteiger partial charge >= 0.3 is 0 Å². The summed E-state index contributed by atoms with van der Waals surface area (Å²) in [5.41, 5.74) is 2.14. The Balaban J connectivity index is 1.28. The lowest BCUT2D eigenvalue weighted by Gasteiger charge is -2.29. The number of nitrogens with one attached hydrogen (secondary N) is 1. The number of piperidine rings is 1. The van der Waals surface area contributed by atoms with Gasteiger partial charge in [0.1, 0.15) is 6.04 Å². The normalized spacial score (nSPS) is 21.8. The molecule has 12 nitrogen and oxygen atoms in total. The van der Waals surface area contributed by atoms with Gasteiger partial charge in [0.2, 0.25) is 11.8 Å². The van der Waals surface area contributed by atoms with E-state index in [1.54, 1.807) is 23.2 Å². The van der Waals surface area contributed by atoms with Crippen LogP contribution in [0.4, 0.5) is 0 Å². The number of aromatic nitrogens is 3. The first-order valence-electron chi connectivity index (χ1n) is 12.2. The van der Waals surface area contributed by atoms with E-state index >= 15 is 0 Å². The highest BCUT2D eigenvalue weighted by Gasteiger charge is 2.39. The molecule has 2 N–H and O–H groups in total. The van der Waals surface area contributed by atoms with E-state index in [9.17, 15) is 24.3 Å². The van der Waals surface area contributed by atoms with Crippen molar-refractivity contribution in [1.29, 1.82) is 0 Å². The van der Waals surface area contributed by atoms with Crippen LogP contribution in [0.25, 0.3) is 5.69 Å². The first-order chi connectivity index (χ1) is 17.4. The molecule has 0 radical (unpaired) electrons. The zero-order valence-corrected chi connectivity index (χ0v) is 20.1. The molecule has 3 aliphatic heterocycles. The first kappa shape index (κ1) is 24.1. The topological polar surface area (TPSA) is 141 Å². The van der Waals surface area contributed by atoms with E-state index < -0.39 is 11.9 Å². The van der Waals surface area contributed by atoms with Crippen LogP contribution in [0.3, 0.4) is 0 Å². The van der Waals surface area contributed by atoms with Crippen molar-refractivity contribution in [1.82, 2.24) is 35.0 Å². The van der Waals surface area contributed by atoms with Crippen molar-refractivity contribution < 1.29 is 24.3 Å². The third kappa shape index (κ3) is 4.49. The van der Waals surface area contributed by atoms with Gasteiger partial charge < -0.3 is 14.9 Å². The summed E-state index contributed by atoms with van der Waals surface area (Å²) in [7, 11) is 0. The monoisotopic (exact) mass is 495 g/mol. The van der Waals surface area contributed by atoms with Crippen molar-refractivity contribution in [3.63, 3.8) is 0 Å². The van der Waals surface area contributed by atoms with Crippen LogP contribution < -0.4 is 5.32 Å². The number of hydrogen-bond donors (Lipinski definition) is 2. The van der Waals surface area contributed by atoms with Gasteiger partial charge in [-0.2, -0.15) is 0 Å². The number of carbonyl (C=O) groups is 4.